The third-order valence-electron chi connectivity index (χ3n) is 4.00. The first-order chi connectivity index (χ1) is 8.79. The number of imidazole rings is 1. The minimum Gasteiger partial charge on any atom is -0.396 e. The molecule has 0 radical (unpaired) electrons. The van der Waals surface area contributed by atoms with Crippen LogP contribution in [0.2, 0.25) is 0 Å². The van der Waals surface area contributed by atoms with Gasteiger partial charge in [-0.1, -0.05) is 18.6 Å². The summed E-state index contributed by atoms with van der Waals surface area (Å²) in [5, 5.41) is 12.8. The van der Waals surface area contributed by atoms with Crippen molar-refractivity contribution in [1.29, 1.82) is 0 Å². The van der Waals surface area contributed by atoms with Crippen LogP contribution in [0.25, 0.3) is 11.0 Å². The molecule has 96 valence electrons. The number of fused-ring (bicyclic) bond motifs is 1. The number of nitrogens with zero attached hydrogens (tertiary/aromatic N) is 2. The van der Waals surface area contributed by atoms with Crippen LogP contribution in [-0.4, -0.2) is 27.3 Å². The number of hydrogen-bond donors (Lipinski definition) is 2. The average Bonchev–Trinajstić information content (AvgIpc) is 2.96. The normalized spacial score (nSPS) is 23.7. The summed E-state index contributed by atoms with van der Waals surface area (Å²) in [6.07, 6.45) is 3.42. The molecule has 0 spiro atoms. The van der Waals surface area contributed by atoms with Gasteiger partial charge in [0.2, 0.25) is 5.95 Å². The highest BCUT2D eigenvalue weighted by molar-refractivity contribution is 5.78. The number of benzene rings is 1. The fourth-order valence-corrected chi connectivity index (χ4v) is 2.89. The molecule has 1 fully saturated rings. The number of aromatic nitrogens is 2. The Labute approximate surface area is 107 Å². The largest absolute Gasteiger partial charge is 0.396 e. The van der Waals surface area contributed by atoms with Crippen LogP contribution in [0, 0.1) is 5.92 Å². The lowest BCUT2D eigenvalue weighted by molar-refractivity contribution is 0.222. The van der Waals surface area contributed by atoms with Crippen molar-refractivity contribution in [3.8, 4) is 0 Å². The van der Waals surface area contributed by atoms with Crippen molar-refractivity contribution in [2.24, 2.45) is 13.0 Å². The molecule has 18 heavy (non-hydrogen) atoms. The summed E-state index contributed by atoms with van der Waals surface area (Å²) in [5.41, 5.74) is 2.15. The number of aryl methyl sites for hydroxylation is 1. The molecule has 4 nitrogen and oxygen atoms in total. The molecular formula is C14H19N3O. The lowest BCUT2D eigenvalue weighted by Crippen LogP contribution is -2.27. The molecule has 1 heterocycles. The van der Waals surface area contributed by atoms with E-state index in [1.807, 2.05) is 25.2 Å². The van der Waals surface area contributed by atoms with Crippen LogP contribution in [0.1, 0.15) is 19.3 Å². The molecular weight excluding hydrogens is 226 g/mol. The maximum Gasteiger partial charge on any atom is 0.203 e. The Hall–Kier alpha value is -1.55. The number of aliphatic hydroxyl groups is 1. The quantitative estimate of drug-likeness (QED) is 0.871. The minimum atomic E-state index is 0.265. The van der Waals surface area contributed by atoms with E-state index in [9.17, 15) is 5.11 Å². The second-order valence-electron chi connectivity index (χ2n) is 5.11. The first-order valence-corrected chi connectivity index (χ1v) is 6.58. The Kier molecular flexibility index (Phi) is 2.96. The van der Waals surface area contributed by atoms with Gasteiger partial charge in [0, 0.05) is 25.6 Å². The van der Waals surface area contributed by atoms with E-state index in [1.54, 1.807) is 0 Å². The van der Waals surface area contributed by atoms with Crippen molar-refractivity contribution in [3.05, 3.63) is 24.3 Å². The van der Waals surface area contributed by atoms with Gasteiger partial charge in [-0.2, -0.15) is 0 Å². The van der Waals surface area contributed by atoms with Crippen LogP contribution in [0.5, 0.6) is 0 Å². The van der Waals surface area contributed by atoms with Gasteiger partial charge in [-0.25, -0.2) is 4.98 Å². The molecule has 1 aromatic carbocycles. The molecule has 0 saturated heterocycles. The highest BCUT2D eigenvalue weighted by Gasteiger charge is 2.27. The zero-order chi connectivity index (χ0) is 12.5. The van der Waals surface area contributed by atoms with Crippen molar-refractivity contribution < 1.29 is 5.11 Å². The second-order valence-corrected chi connectivity index (χ2v) is 5.11. The van der Waals surface area contributed by atoms with E-state index in [0.29, 0.717) is 12.0 Å². The fraction of sp³-hybridized carbons (Fsp3) is 0.500. The Morgan fingerprint density at radius 3 is 3.00 bits per heavy atom. The Morgan fingerprint density at radius 2 is 2.22 bits per heavy atom. The summed E-state index contributed by atoms with van der Waals surface area (Å²) in [4.78, 5) is 4.61. The smallest absolute Gasteiger partial charge is 0.203 e. The van der Waals surface area contributed by atoms with E-state index in [2.05, 4.69) is 20.9 Å². The predicted molar refractivity (Wildman–Crippen MR) is 72.6 cm³/mol. The van der Waals surface area contributed by atoms with Gasteiger partial charge in [-0.15, -0.1) is 0 Å². The lowest BCUT2D eigenvalue weighted by atomic mass is 10.1. The number of para-hydroxylation sites is 2. The molecule has 2 N–H and O–H groups in total. The summed E-state index contributed by atoms with van der Waals surface area (Å²) in [6.45, 7) is 0.265. The Balaban J connectivity index is 1.88. The van der Waals surface area contributed by atoms with E-state index in [1.165, 1.54) is 6.42 Å². The molecule has 1 saturated carbocycles. The molecule has 0 amide bonds. The molecule has 1 aliphatic rings. The molecule has 2 unspecified atom stereocenters. The highest BCUT2D eigenvalue weighted by Crippen LogP contribution is 2.28. The SMILES string of the molecule is Cn1c(NC2CCCC2CO)nc2ccccc21. The van der Waals surface area contributed by atoms with E-state index >= 15 is 0 Å². The van der Waals surface area contributed by atoms with Gasteiger partial charge < -0.3 is 15.0 Å². The molecule has 3 rings (SSSR count). The molecule has 2 aromatic rings. The maximum atomic E-state index is 9.36. The summed E-state index contributed by atoms with van der Waals surface area (Å²) in [7, 11) is 2.03. The zero-order valence-electron chi connectivity index (χ0n) is 10.6. The third-order valence-corrected chi connectivity index (χ3v) is 4.00. The highest BCUT2D eigenvalue weighted by atomic mass is 16.3. The number of hydrogen-bond acceptors (Lipinski definition) is 3. The van der Waals surface area contributed by atoms with Crippen molar-refractivity contribution in [1.82, 2.24) is 9.55 Å². The maximum absolute atomic E-state index is 9.36. The Morgan fingerprint density at radius 1 is 1.39 bits per heavy atom. The van der Waals surface area contributed by atoms with Crippen LogP contribution in [-0.2, 0) is 7.05 Å². The fourth-order valence-electron chi connectivity index (χ4n) is 2.89. The summed E-state index contributed by atoms with van der Waals surface area (Å²) in [6, 6.07) is 8.49. The van der Waals surface area contributed by atoms with E-state index in [0.717, 1.165) is 29.8 Å². The second kappa shape index (κ2) is 4.61. The lowest BCUT2D eigenvalue weighted by Gasteiger charge is -2.19. The van der Waals surface area contributed by atoms with E-state index in [-0.39, 0.29) is 6.61 Å². The van der Waals surface area contributed by atoms with E-state index in [4.69, 9.17) is 0 Å². The first-order valence-electron chi connectivity index (χ1n) is 6.58. The van der Waals surface area contributed by atoms with Gasteiger partial charge in [-0.05, 0) is 25.0 Å². The average molecular weight is 245 g/mol. The standard InChI is InChI=1S/C14H19N3O/c1-17-13-8-3-2-6-12(13)16-14(17)15-11-7-4-5-10(11)9-18/h2-3,6,8,10-11,18H,4-5,7,9H2,1H3,(H,15,16). The number of anilines is 1. The number of nitrogens with one attached hydrogen (secondary N) is 1. The van der Waals surface area contributed by atoms with Crippen LogP contribution in [0.3, 0.4) is 0 Å². The zero-order valence-corrected chi connectivity index (χ0v) is 10.6. The topological polar surface area (TPSA) is 50.1 Å². The van der Waals surface area contributed by atoms with Gasteiger partial charge >= 0.3 is 0 Å². The molecule has 2 atom stereocenters. The van der Waals surface area contributed by atoms with Crippen LogP contribution < -0.4 is 5.32 Å². The molecule has 0 bridgehead atoms. The van der Waals surface area contributed by atoms with Crippen LogP contribution in [0.4, 0.5) is 5.95 Å². The summed E-state index contributed by atoms with van der Waals surface area (Å²) >= 11 is 0. The van der Waals surface area contributed by atoms with Crippen LogP contribution >= 0.6 is 0 Å². The number of aliphatic hydroxyl groups excluding tert-OH is 1. The molecule has 0 aliphatic heterocycles. The van der Waals surface area contributed by atoms with Crippen molar-refractivity contribution >= 4 is 17.0 Å². The van der Waals surface area contributed by atoms with Gasteiger partial charge in [0.1, 0.15) is 0 Å². The van der Waals surface area contributed by atoms with Gasteiger partial charge in [0.15, 0.2) is 0 Å². The van der Waals surface area contributed by atoms with Gasteiger partial charge in [-0.3, -0.25) is 0 Å². The monoisotopic (exact) mass is 245 g/mol. The van der Waals surface area contributed by atoms with Gasteiger partial charge in [0.05, 0.1) is 11.0 Å². The summed E-state index contributed by atoms with van der Waals surface area (Å²) in [5.74, 6) is 1.27. The molecule has 1 aliphatic carbocycles. The predicted octanol–water partition coefficient (Wildman–Crippen LogP) is 2.15. The van der Waals surface area contributed by atoms with Crippen molar-refractivity contribution in [2.45, 2.75) is 25.3 Å². The van der Waals surface area contributed by atoms with Crippen molar-refractivity contribution in [3.63, 3.8) is 0 Å². The van der Waals surface area contributed by atoms with Crippen LogP contribution in [0.15, 0.2) is 24.3 Å². The van der Waals surface area contributed by atoms with Crippen molar-refractivity contribution in [2.75, 3.05) is 11.9 Å². The first kappa shape index (κ1) is 11.5. The summed E-state index contributed by atoms with van der Waals surface area (Å²) < 4.78 is 2.09. The molecule has 4 heteroatoms. The number of rotatable bonds is 3. The minimum absolute atomic E-state index is 0.265. The third kappa shape index (κ3) is 1.86. The van der Waals surface area contributed by atoms with Gasteiger partial charge in [0.25, 0.3) is 0 Å². The Bertz CT molecular complexity index is 549. The molecule has 1 aromatic heterocycles. The van der Waals surface area contributed by atoms with E-state index < -0.39 is 0 Å².